The van der Waals surface area contributed by atoms with Crippen molar-refractivity contribution in [2.45, 2.75) is 27.3 Å². The van der Waals surface area contributed by atoms with Crippen LogP contribution in [0.5, 0.6) is 0 Å². The van der Waals surface area contributed by atoms with Crippen LogP contribution in [0.3, 0.4) is 0 Å². The van der Waals surface area contributed by atoms with Gasteiger partial charge in [0.15, 0.2) is 0 Å². The summed E-state index contributed by atoms with van der Waals surface area (Å²) >= 11 is 0. The van der Waals surface area contributed by atoms with Crippen molar-refractivity contribution in [3.05, 3.63) is 35.5 Å². The summed E-state index contributed by atoms with van der Waals surface area (Å²) in [6.45, 7) is 8.57. The number of urea groups is 1. The van der Waals surface area contributed by atoms with Crippen molar-refractivity contribution in [3.63, 3.8) is 0 Å². The van der Waals surface area contributed by atoms with Crippen molar-refractivity contribution < 1.29 is 9.59 Å². The molecule has 9 nitrogen and oxygen atoms in total. The molecule has 0 bridgehead atoms. The predicted octanol–water partition coefficient (Wildman–Crippen LogP) is 1.70. The van der Waals surface area contributed by atoms with Gasteiger partial charge in [-0.05, 0) is 17.5 Å². The Labute approximate surface area is 169 Å². The van der Waals surface area contributed by atoms with Gasteiger partial charge in [-0.3, -0.25) is 4.79 Å². The third kappa shape index (κ3) is 4.71. The van der Waals surface area contributed by atoms with Gasteiger partial charge < -0.3 is 15.5 Å². The quantitative estimate of drug-likeness (QED) is 0.848. The smallest absolute Gasteiger partial charge is 0.314 e. The number of nitrogens with two attached hydrogens (primary N) is 1. The van der Waals surface area contributed by atoms with E-state index < -0.39 is 6.03 Å². The van der Waals surface area contributed by atoms with Crippen molar-refractivity contribution in [1.29, 1.82) is 5.26 Å². The van der Waals surface area contributed by atoms with E-state index in [0.29, 0.717) is 55.1 Å². The number of hydrogen-bond acceptors (Lipinski definition) is 5. The molecule has 1 aliphatic heterocycles. The number of amides is 3. The van der Waals surface area contributed by atoms with Crippen molar-refractivity contribution in [3.8, 4) is 17.3 Å². The molecule has 0 aliphatic carbocycles. The van der Waals surface area contributed by atoms with Gasteiger partial charge in [0.2, 0.25) is 0 Å². The molecule has 1 saturated heterocycles. The molecule has 29 heavy (non-hydrogen) atoms. The maximum Gasteiger partial charge on any atom is 0.314 e. The fraction of sp³-hybridized carbons (Fsp3) is 0.450. The highest BCUT2D eigenvalue weighted by Crippen LogP contribution is 2.24. The highest BCUT2D eigenvalue weighted by Gasteiger charge is 2.24. The van der Waals surface area contributed by atoms with Crippen molar-refractivity contribution in [1.82, 2.24) is 24.8 Å². The first kappa shape index (κ1) is 20.3. The zero-order chi connectivity index (χ0) is 21.2. The number of rotatable bonds is 3. The fourth-order valence-corrected chi connectivity index (χ4v) is 3.23. The van der Waals surface area contributed by atoms with Crippen molar-refractivity contribution in [2.75, 3.05) is 26.2 Å². The molecule has 2 N–H and O–H groups in total. The lowest BCUT2D eigenvalue weighted by molar-refractivity contribution is 0.0669. The Bertz CT molecular complexity index is 960. The first-order chi connectivity index (χ1) is 13.7. The zero-order valence-corrected chi connectivity index (χ0v) is 16.9. The lowest BCUT2D eigenvalue weighted by Gasteiger charge is -2.33. The molecule has 0 radical (unpaired) electrons. The highest BCUT2D eigenvalue weighted by atomic mass is 16.2. The molecule has 1 fully saturated rings. The van der Waals surface area contributed by atoms with E-state index >= 15 is 0 Å². The molecule has 3 amide bonds. The summed E-state index contributed by atoms with van der Waals surface area (Å²) < 4.78 is 0. The monoisotopic (exact) mass is 395 g/mol. The molecule has 0 spiro atoms. The Balaban J connectivity index is 1.78. The normalized spacial score (nSPS) is 14.6. The molecular weight excluding hydrogens is 370 g/mol. The number of nitriles is 1. The number of hydrogen-bond donors (Lipinski definition) is 1. The molecule has 152 valence electrons. The van der Waals surface area contributed by atoms with Gasteiger partial charge in [-0.25, -0.2) is 4.79 Å². The maximum atomic E-state index is 12.8. The lowest BCUT2D eigenvalue weighted by atomic mass is 9.97. The SMILES string of the molecule is CC(C)(C)Cn1ncc(-c2ccc(C(=O)N3CCN(C(N)=O)CC3)cc2C#N)n1. The van der Waals surface area contributed by atoms with Crippen LogP contribution in [0, 0.1) is 16.7 Å². The van der Waals surface area contributed by atoms with Crippen molar-refractivity contribution in [2.24, 2.45) is 11.1 Å². The molecule has 3 rings (SSSR count). The largest absolute Gasteiger partial charge is 0.351 e. The average Bonchev–Trinajstić information content (AvgIpc) is 3.13. The van der Waals surface area contributed by atoms with E-state index in [1.807, 2.05) is 0 Å². The van der Waals surface area contributed by atoms with E-state index in [4.69, 9.17) is 5.73 Å². The average molecular weight is 395 g/mol. The molecule has 0 atom stereocenters. The Morgan fingerprint density at radius 3 is 2.41 bits per heavy atom. The van der Waals surface area contributed by atoms with E-state index in [9.17, 15) is 14.9 Å². The van der Waals surface area contributed by atoms with Crippen molar-refractivity contribution >= 4 is 11.9 Å². The van der Waals surface area contributed by atoms with Crippen LogP contribution in [0.15, 0.2) is 24.4 Å². The summed E-state index contributed by atoms with van der Waals surface area (Å²) in [5.41, 5.74) is 7.35. The number of benzene rings is 1. The summed E-state index contributed by atoms with van der Waals surface area (Å²) in [5.74, 6) is -0.173. The minimum Gasteiger partial charge on any atom is -0.351 e. The van der Waals surface area contributed by atoms with Crippen LogP contribution < -0.4 is 5.73 Å². The molecule has 0 saturated carbocycles. The number of primary amides is 1. The standard InChI is InChI=1S/C20H25N7O2/c1-20(2,3)13-27-23-12-17(24-27)16-5-4-14(10-15(16)11-21)18(28)25-6-8-26(9-7-25)19(22)29/h4-5,10,12H,6-9,13H2,1-3H3,(H2,22,29). The highest BCUT2D eigenvalue weighted by molar-refractivity contribution is 5.95. The van der Waals surface area contributed by atoms with Crippen LogP contribution >= 0.6 is 0 Å². The van der Waals surface area contributed by atoms with Crippen LogP contribution in [0.4, 0.5) is 4.79 Å². The van der Waals surface area contributed by atoms with Gasteiger partial charge in [-0.1, -0.05) is 26.8 Å². The summed E-state index contributed by atoms with van der Waals surface area (Å²) in [6, 6.07) is 6.69. The van der Waals surface area contributed by atoms with Crippen LogP contribution in [-0.2, 0) is 6.54 Å². The predicted molar refractivity (Wildman–Crippen MR) is 107 cm³/mol. The van der Waals surface area contributed by atoms with Gasteiger partial charge in [0.05, 0.1) is 24.4 Å². The van der Waals surface area contributed by atoms with Gasteiger partial charge in [-0.15, -0.1) is 0 Å². The maximum absolute atomic E-state index is 12.8. The molecular formula is C20H25N7O2. The number of carbonyl (C=O) groups excluding carboxylic acids is 2. The van der Waals surface area contributed by atoms with Crippen LogP contribution in [0.1, 0.15) is 36.7 Å². The van der Waals surface area contributed by atoms with Gasteiger partial charge in [0.25, 0.3) is 5.91 Å². The number of nitrogens with zero attached hydrogens (tertiary/aromatic N) is 6. The minimum atomic E-state index is -0.479. The molecule has 9 heteroatoms. The molecule has 2 heterocycles. The van der Waals surface area contributed by atoms with Crippen LogP contribution in [0.25, 0.3) is 11.3 Å². The second kappa shape index (κ2) is 7.91. The Hall–Kier alpha value is -3.41. The zero-order valence-electron chi connectivity index (χ0n) is 16.9. The number of piperazine rings is 1. The van der Waals surface area contributed by atoms with Gasteiger partial charge in [0, 0.05) is 37.3 Å². The Morgan fingerprint density at radius 1 is 1.17 bits per heavy atom. The van der Waals surface area contributed by atoms with E-state index in [1.165, 1.54) is 4.90 Å². The van der Waals surface area contributed by atoms with E-state index in [2.05, 4.69) is 37.0 Å². The second-order valence-electron chi connectivity index (χ2n) is 8.31. The van der Waals surface area contributed by atoms with Crippen LogP contribution in [-0.4, -0.2) is 62.9 Å². The van der Waals surface area contributed by atoms with Crippen LogP contribution in [0.2, 0.25) is 0 Å². The lowest BCUT2D eigenvalue weighted by Crippen LogP contribution is -2.52. The van der Waals surface area contributed by atoms with Gasteiger partial charge >= 0.3 is 6.03 Å². The number of aromatic nitrogens is 3. The summed E-state index contributed by atoms with van der Waals surface area (Å²) in [6.07, 6.45) is 1.63. The fourth-order valence-electron chi connectivity index (χ4n) is 3.23. The van der Waals surface area contributed by atoms with Gasteiger partial charge in [-0.2, -0.15) is 20.3 Å². The van der Waals surface area contributed by atoms with Gasteiger partial charge in [0.1, 0.15) is 5.69 Å². The molecule has 1 aromatic carbocycles. The first-order valence-corrected chi connectivity index (χ1v) is 9.46. The third-order valence-corrected chi connectivity index (χ3v) is 4.69. The molecule has 0 unspecified atom stereocenters. The summed E-state index contributed by atoms with van der Waals surface area (Å²) in [5, 5.41) is 18.4. The summed E-state index contributed by atoms with van der Waals surface area (Å²) in [4.78, 5) is 28.8. The van der Waals surface area contributed by atoms with E-state index in [-0.39, 0.29) is 11.3 Å². The van der Waals surface area contributed by atoms with E-state index in [0.717, 1.165) is 0 Å². The molecule has 1 aromatic heterocycles. The Kier molecular flexibility index (Phi) is 5.55. The molecule has 2 aromatic rings. The third-order valence-electron chi connectivity index (χ3n) is 4.69. The Morgan fingerprint density at radius 2 is 1.83 bits per heavy atom. The first-order valence-electron chi connectivity index (χ1n) is 9.46. The molecule has 1 aliphatic rings. The summed E-state index contributed by atoms with van der Waals surface area (Å²) in [7, 11) is 0. The van der Waals surface area contributed by atoms with E-state index in [1.54, 1.807) is 34.1 Å². The number of carbonyl (C=O) groups is 2. The second-order valence-corrected chi connectivity index (χ2v) is 8.31. The minimum absolute atomic E-state index is 0.0309. The topological polar surface area (TPSA) is 121 Å².